The van der Waals surface area contributed by atoms with Crippen LogP contribution in [0.5, 0.6) is 0 Å². The lowest BCUT2D eigenvalue weighted by molar-refractivity contribution is 0.708. The number of aryl methyl sites for hydroxylation is 1. The first-order valence-electron chi connectivity index (χ1n) is 6.56. The van der Waals surface area contributed by atoms with E-state index in [1.807, 2.05) is 12.1 Å². The maximum atomic E-state index is 12.4. The quantitative estimate of drug-likeness (QED) is 0.785. The zero-order valence-corrected chi connectivity index (χ0v) is 12.8. The van der Waals surface area contributed by atoms with Crippen LogP contribution in [-0.4, -0.2) is 14.1 Å². The van der Waals surface area contributed by atoms with Crippen molar-refractivity contribution in [1.82, 2.24) is 14.1 Å². The summed E-state index contributed by atoms with van der Waals surface area (Å²) >= 11 is 5.97. The van der Waals surface area contributed by atoms with Crippen LogP contribution in [0, 0.1) is 0 Å². The summed E-state index contributed by atoms with van der Waals surface area (Å²) in [6, 6.07) is 8.85. The first kappa shape index (κ1) is 14.3. The fourth-order valence-electron chi connectivity index (χ4n) is 2.31. The average molecular weight is 317 g/mol. The van der Waals surface area contributed by atoms with E-state index in [0.717, 1.165) is 10.3 Å². The third-order valence-electron chi connectivity index (χ3n) is 3.44. The highest BCUT2D eigenvalue weighted by Gasteiger charge is 2.13. The molecule has 0 fully saturated rings. The minimum atomic E-state index is -0.412. The van der Waals surface area contributed by atoms with E-state index in [1.165, 1.54) is 11.6 Å². The number of rotatable bonds is 2. The average Bonchev–Trinajstić information content (AvgIpc) is 2.50. The lowest BCUT2D eigenvalue weighted by atomic mass is 10.2. The summed E-state index contributed by atoms with van der Waals surface area (Å²) in [5.41, 5.74) is 0.847. The van der Waals surface area contributed by atoms with Gasteiger partial charge in [-0.2, -0.15) is 0 Å². The van der Waals surface area contributed by atoms with Gasteiger partial charge in [-0.15, -0.1) is 0 Å². The molecule has 3 aromatic rings. The number of benzene rings is 1. The molecule has 0 bridgehead atoms. The standard InChI is InChI=1S/C15H13ClN4O2/c1-19-13-12(14(21)20(2)15(19)22)11(6-7-17-13)18-10-5-3-4-9(16)8-10/h3-8H,1-2H3,(H,17,18). The van der Waals surface area contributed by atoms with Crippen molar-refractivity contribution < 1.29 is 0 Å². The van der Waals surface area contributed by atoms with E-state index in [-0.39, 0.29) is 0 Å². The zero-order valence-electron chi connectivity index (χ0n) is 12.0. The number of nitrogens with zero attached hydrogens (tertiary/aromatic N) is 3. The molecule has 6 nitrogen and oxygen atoms in total. The maximum absolute atomic E-state index is 12.4. The number of nitrogens with one attached hydrogen (secondary N) is 1. The third-order valence-corrected chi connectivity index (χ3v) is 3.68. The normalized spacial score (nSPS) is 10.9. The van der Waals surface area contributed by atoms with E-state index in [1.54, 1.807) is 31.4 Å². The second kappa shape index (κ2) is 5.31. The first-order chi connectivity index (χ1) is 10.5. The van der Waals surface area contributed by atoms with Crippen LogP contribution in [0.1, 0.15) is 0 Å². The number of hydrogen-bond acceptors (Lipinski definition) is 4. The molecule has 2 aromatic heterocycles. The Morgan fingerprint density at radius 3 is 2.64 bits per heavy atom. The second-order valence-electron chi connectivity index (χ2n) is 4.90. The zero-order chi connectivity index (χ0) is 15.9. The number of pyridine rings is 1. The van der Waals surface area contributed by atoms with Crippen molar-refractivity contribution in [2.45, 2.75) is 0 Å². The van der Waals surface area contributed by atoms with Crippen LogP contribution in [0.15, 0.2) is 46.1 Å². The molecule has 0 unspecified atom stereocenters. The number of aromatic nitrogens is 3. The van der Waals surface area contributed by atoms with Crippen LogP contribution in [0.4, 0.5) is 11.4 Å². The Labute approximate surface area is 130 Å². The highest BCUT2D eigenvalue weighted by molar-refractivity contribution is 6.30. The fraction of sp³-hybridized carbons (Fsp3) is 0.133. The topological polar surface area (TPSA) is 68.9 Å². The van der Waals surface area contributed by atoms with E-state index < -0.39 is 11.2 Å². The van der Waals surface area contributed by atoms with Crippen LogP contribution in [-0.2, 0) is 14.1 Å². The van der Waals surface area contributed by atoms with Crippen molar-refractivity contribution in [2.75, 3.05) is 5.32 Å². The maximum Gasteiger partial charge on any atom is 0.332 e. The highest BCUT2D eigenvalue weighted by Crippen LogP contribution is 2.23. The number of fused-ring (bicyclic) bond motifs is 1. The minimum absolute atomic E-state index is 0.333. The first-order valence-corrected chi connectivity index (χ1v) is 6.94. The summed E-state index contributed by atoms with van der Waals surface area (Å²) in [6.07, 6.45) is 1.55. The largest absolute Gasteiger partial charge is 0.355 e. The van der Waals surface area contributed by atoms with Gasteiger partial charge in [0.25, 0.3) is 5.56 Å². The molecule has 2 heterocycles. The van der Waals surface area contributed by atoms with E-state index in [9.17, 15) is 9.59 Å². The molecular formula is C15H13ClN4O2. The molecule has 0 spiro atoms. The van der Waals surface area contributed by atoms with Gasteiger partial charge in [-0.25, -0.2) is 9.78 Å². The van der Waals surface area contributed by atoms with Gasteiger partial charge in [-0.05, 0) is 24.3 Å². The van der Waals surface area contributed by atoms with Crippen molar-refractivity contribution in [2.24, 2.45) is 14.1 Å². The summed E-state index contributed by atoms with van der Waals surface area (Å²) in [5.74, 6) is 0. The van der Waals surface area contributed by atoms with Crippen molar-refractivity contribution in [3.63, 3.8) is 0 Å². The van der Waals surface area contributed by atoms with Crippen LogP contribution >= 0.6 is 11.6 Å². The lowest BCUT2D eigenvalue weighted by Crippen LogP contribution is -2.37. The molecule has 0 aliphatic heterocycles. The Hall–Kier alpha value is -2.60. The molecule has 0 aliphatic carbocycles. The Morgan fingerprint density at radius 2 is 1.91 bits per heavy atom. The van der Waals surface area contributed by atoms with Crippen LogP contribution in [0.25, 0.3) is 11.0 Å². The van der Waals surface area contributed by atoms with Gasteiger partial charge in [0, 0.05) is 31.0 Å². The molecule has 112 valence electrons. The molecule has 22 heavy (non-hydrogen) atoms. The molecule has 0 atom stereocenters. The van der Waals surface area contributed by atoms with Gasteiger partial charge in [-0.1, -0.05) is 17.7 Å². The van der Waals surface area contributed by atoms with E-state index in [2.05, 4.69) is 10.3 Å². The van der Waals surface area contributed by atoms with Gasteiger partial charge in [0.15, 0.2) is 5.65 Å². The molecule has 0 saturated carbocycles. The van der Waals surface area contributed by atoms with Gasteiger partial charge < -0.3 is 5.32 Å². The van der Waals surface area contributed by atoms with Gasteiger partial charge in [0.2, 0.25) is 0 Å². The number of halogens is 1. The molecule has 0 saturated heterocycles. The van der Waals surface area contributed by atoms with E-state index >= 15 is 0 Å². The summed E-state index contributed by atoms with van der Waals surface area (Å²) < 4.78 is 2.41. The minimum Gasteiger partial charge on any atom is -0.355 e. The van der Waals surface area contributed by atoms with E-state index in [4.69, 9.17) is 11.6 Å². The summed E-state index contributed by atoms with van der Waals surface area (Å²) in [5, 5.41) is 4.09. The Balaban J connectivity index is 2.27. The second-order valence-corrected chi connectivity index (χ2v) is 5.33. The third kappa shape index (κ3) is 2.27. The predicted molar refractivity (Wildman–Crippen MR) is 87.0 cm³/mol. The molecule has 0 aliphatic rings. The van der Waals surface area contributed by atoms with Crippen molar-refractivity contribution in [3.8, 4) is 0 Å². The van der Waals surface area contributed by atoms with E-state index in [0.29, 0.717) is 21.7 Å². The molecule has 1 N–H and O–H groups in total. The SMILES string of the molecule is Cn1c(=O)c2c(Nc3cccc(Cl)c3)ccnc2n(C)c1=O. The molecule has 0 amide bonds. The molecule has 0 radical (unpaired) electrons. The summed E-state index contributed by atoms with van der Waals surface area (Å²) in [4.78, 5) is 28.5. The van der Waals surface area contributed by atoms with Gasteiger partial charge >= 0.3 is 5.69 Å². The molecule has 1 aromatic carbocycles. The van der Waals surface area contributed by atoms with Gasteiger partial charge in [0.05, 0.1) is 5.69 Å². The van der Waals surface area contributed by atoms with Crippen LogP contribution < -0.4 is 16.6 Å². The summed E-state index contributed by atoms with van der Waals surface area (Å²) in [6.45, 7) is 0. The van der Waals surface area contributed by atoms with Crippen LogP contribution in [0.3, 0.4) is 0 Å². The summed E-state index contributed by atoms with van der Waals surface area (Å²) in [7, 11) is 3.03. The Morgan fingerprint density at radius 1 is 1.14 bits per heavy atom. The van der Waals surface area contributed by atoms with Crippen molar-refractivity contribution in [1.29, 1.82) is 0 Å². The molecule has 3 rings (SSSR count). The Bertz CT molecular complexity index is 991. The highest BCUT2D eigenvalue weighted by atomic mass is 35.5. The lowest BCUT2D eigenvalue weighted by Gasteiger charge is -2.12. The van der Waals surface area contributed by atoms with Crippen molar-refractivity contribution in [3.05, 3.63) is 62.4 Å². The van der Waals surface area contributed by atoms with Crippen LogP contribution in [0.2, 0.25) is 5.02 Å². The molecular weight excluding hydrogens is 304 g/mol. The number of hydrogen-bond donors (Lipinski definition) is 1. The fourth-order valence-corrected chi connectivity index (χ4v) is 2.50. The van der Waals surface area contributed by atoms with Crippen molar-refractivity contribution >= 4 is 34.0 Å². The van der Waals surface area contributed by atoms with Gasteiger partial charge in [-0.3, -0.25) is 13.9 Å². The number of anilines is 2. The Kier molecular flexibility index (Phi) is 3.46. The molecule has 7 heteroatoms. The monoisotopic (exact) mass is 316 g/mol. The predicted octanol–water partition coefficient (Wildman–Crippen LogP) is 2.03. The van der Waals surface area contributed by atoms with Gasteiger partial charge in [0.1, 0.15) is 5.39 Å². The smallest absolute Gasteiger partial charge is 0.332 e.